The Morgan fingerprint density at radius 3 is 2.94 bits per heavy atom. The first-order chi connectivity index (χ1) is 7.63. The quantitative estimate of drug-likeness (QED) is 0.677. The highest BCUT2D eigenvalue weighted by Gasteiger charge is 2.29. The van der Waals surface area contributed by atoms with Crippen LogP contribution in [-0.2, 0) is 9.53 Å². The SMILES string of the molecule is COC(=O)C1CCN(C)c2ccc(C)cc21. The van der Waals surface area contributed by atoms with Crippen LogP contribution in [0.2, 0.25) is 0 Å². The van der Waals surface area contributed by atoms with E-state index >= 15 is 0 Å². The van der Waals surface area contributed by atoms with Crippen molar-refractivity contribution in [2.75, 3.05) is 25.6 Å². The maximum absolute atomic E-state index is 11.7. The molecule has 0 saturated heterocycles. The molecule has 0 fully saturated rings. The van der Waals surface area contributed by atoms with Gasteiger partial charge in [0.25, 0.3) is 0 Å². The van der Waals surface area contributed by atoms with Crippen LogP contribution in [0.1, 0.15) is 23.5 Å². The second-order valence-electron chi connectivity index (χ2n) is 4.35. The van der Waals surface area contributed by atoms with Gasteiger partial charge < -0.3 is 9.64 Å². The van der Waals surface area contributed by atoms with E-state index in [9.17, 15) is 4.79 Å². The van der Waals surface area contributed by atoms with E-state index in [1.54, 1.807) is 0 Å². The number of hydrogen-bond donors (Lipinski definition) is 0. The summed E-state index contributed by atoms with van der Waals surface area (Å²) in [7, 11) is 3.51. The van der Waals surface area contributed by atoms with Crippen molar-refractivity contribution in [1.29, 1.82) is 0 Å². The molecule has 16 heavy (non-hydrogen) atoms. The zero-order valence-electron chi connectivity index (χ0n) is 9.99. The predicted octanol–water partition coefficient (Wildman–Crippen LogP) is 2.09. The van der Waals surface area contributed by atoms with Crippen molar-refractivity contribution < 1.29 is 9.53 Å². The fraction of sp³-hybridized carbons (Fsp3) is 0.462. The highest BCUT2D eigenvalue weighted by Crippen LogP contribution is 2.35. The van der Waals surface area contributed by atoms with E-state index in [1.165, 1.54) is 12.7 Å². The molecule has 0 bridgehead atoms. The lowest BCUT2D eigenvalue weighted by atomic mass is 9.89. The first-order valence-corrected chi connectivity index (χ1v) is 5.53. The van der Waals surface area contributed by atoms with Gasteiger partial charge in [0.2, 0.25) is 0 Å². The number of carbonyl (C=O) groups is 1. The molecule has 0 aromatic heterocycles. The van der Waals surface area contributed by atoms with E-state index in [-0.39, 0.29) is 11.9 Å². The number of hydrogen-bond acceptors (Lipinski definition) is 3. The molecule has 0 N–H and O–H groups in total. The molecule has 1 aromatic rings. The Bertz CT molecular complexity index is 414. The minimum atomic E-state index is -0.125. The van der Waals surface area contributed by atoms with Crippen LogP contribution in [0.3, 0.4) is 0 Å². The van der Waals surface area contributed by atoms with Crippen LogP contribution in [0.5, 0.6) is 0 Å². The molecule has 3 heteroatoms. The molecule has 0 amide bonds. The molecule has 3 nitrogen and oxygen atoms in total. The van der Waals surface area contributed by atoms with E-state index in [0.29, 0.717) is 0 Å². The fourth-order valence-corrected chi connectivity index (χ4v) is 2.29. The third-order valence-electron chi connectivity index (χ3n) is 3.21. The fourth-order valence-electron chi connectivity index (χ4n) is 2.29. The van der Waals surface area contributed by atoms with Gasteiger partial charge in [-0.05, 0) is 25.0 Å². The molecule has 1 aliphatic heterocycles. The smallest absolute Gasteiger partial charge is 0.313 e. The molecule has 86 valence electrons. The Morgan fingerprint density at radius 1 is 1.50 bits per heavy atom. The molecular formula is C13H17NO2. The third-order valence-corrected chi connectivity index (χ3v) is 3.21. The average molecular weight is 219 g/mol. The maximum Gasteiger partial charge on any atom is 0.313 e. The molecule has 2 rings (SSSR count). The maximum atomic E-state index is 11.7. The van der Waals surface area contributed by atoms with Gasteiger partial charge in [0, 0.05) is 19.3 Å². The van der Waals surface area contributed by atoms with E-state index < -0.39 is 0 Å². The summed E-state index contributed by atoms with van der Waals surface area (Å²) in [6.07, 6.45) is 0.833. The molecule has 1 unspecified atom stereocenters. The Kier molecular flexibility index (Phi) is 2.86. The number of fused-ring (bicyclic) bond motifs is 1. The summed E-state index contributed by atoms with van der Waals surface area (Å²) in [6.45, 7) is 2.94. The summed E-state index contributed by atoms with van der Waals surface area (Å²) in [5.41, 5.74) is 3.43. The normalized spacial score (nSPS) is 19.2. The summed E-state index contributed by atoms with van der Waals surface area (Å²) in [5.74, 6) is -0.226. The number of ether oxygens (including phenoxy) is 1. The van der Waals surface area contributed by atoms with Gasteiger partial charge in [-0.15, -0.1) is 0 Å². The summed E-state index contributed by atoms with van der Waals surface area (Å²) in [5, 5.41) is 0. The Hall–Kier alpha value is -1.51. The van der Waals surface area contributed by atoms with Gasteiger partial charge in [0.1, 0.15) is 0 Å². The number of methoxy groups -OCH3 is 1. The van der Waals surface area contributed by atoms with Crippen molar-refractivity contribution >= 4 is 11.7 Å². The lowest BCUT2D eigenvalue weighted by Crippen LogP contribution is -2.30. The lowest BCUT2D eigenvalue weighted by molar-refractivity contribution is -0.142. The highest BCUT2D eigenvalue weighted by molar-refractivity contribution is 5.82. The molecular weight excluding hydrogens is 202 g/mol. The van der Waals surface area contributed by atoms with Crippen molar-refractivity contribution in [3.63, 3.8) is 0 Å². The van der Waals surface area contributed by atoms with E-state index in [0.717, 1.165) is 24.2 Å². The number of aryl methyl sites for hydroxylation is 1. The molecule has 1 aliphatic rings. The first kappa shape index (κ1) is 11.0. The summed E-state index contributed by atoms with van der Waals surface area (Å²) < 4.78 is 4.86. The Balaban J connectivity index is 2.45. The van der Waals surface area contributed by atoms with Gasteiger partial charge in [-0.1, -0.05) is 17.7 Å². The number of benzene rings is 1. The van der Waals surface area contributed by atoms with Crippen LogP contribution >= 0.6 is 0 Å². The zero-order chi connectivity index (χ0) is 11.7. The topological polar surface area (TPSA) is 29.5 Å². The molecule has 0 saturated carbocycles. The Labute approximate surface area is 96.0 Å². The molecule has 0 radical (unpaired) electrons. The van der Waals surface area contributed by atoms with E-state index in [4.69, 9.17) is 4.74 Å². The molecule has 0 aliphatic carbocycles. The second kappa shape index (κ2) is 4.16. The minimum Gasteiger partial charge on any atom is -0.469 e. The predicted molar refractivity (Wildman–Crippen MR) is 63.8 cm³/mol. The molecule has 0 spiro atoms. The monoisotopic (exact) mass is 219 g/mol. The van der Waals surface area contributed by atoms with Crippen molar-refractivity contribution in [3.8, 4) is 0 Å². The van der Waals surface area contributed by atoms with Crippen LogP contribution in [0, 0.1) is 6.92 Å². The molecule has 1 aromatic carbocycles. The average Bonchev–Trinajstić information content (AvgIpc) is 2.28. The second-order valence-corrected chi connectivity index (χ2v) is 4.35. The van der Waals surface area contributed by atoms with Crippen LogP contribution in [-0.4, -0.2) is 26.7 Å². The summed E-state index contributed by atoms with van der Waals surface area (Å²) in [6, 6.07) is 6.25. The lowest BCUT2D eigenvalue weighted by Gasteiger charge is -2.32. The Morgan fingerprint density at radius 2 is 2.25 bits per heavy atom. The standard InChI is InChI=1S/C13H17NO2/c1-9-4-5-12-11(8-9)10(13(15)16-3)6-7-14(12)2/h4-5,8,10H,6-7H2,1-3H3. The van der Waals surface area contributed by atoms with Crippen LogP contribution in [0.25, 0.3) is 0 Å². The van der Waals surface area contributed by atoms with Gasteiger partial charge in [0.05, 0.1) is 13.0 Å². The largest absolute Gasteiger partial charge is 0.469 e. The number of carbonyl (C=O) groups excluding carboxylic acids is 1. The van der Waals surface area contributed by atoms with Gasteiger partial charge in [0.15, 0.2) is 0 Å². The summed E-state index contributed by atoms with van der Waals surface area (Å²) >= 11 is 0. The summed E-state index contributed by atoms with van der Waals surface area (Å²) in [4.78, 5) is 13.9. The zero-order valence-corrected chi connectivity index (χ0v) is 9.99. The van der Waals surface area contributed by atoms with Crippen LogP contribution in [0.15, 0.2) is 18.2 Å². The number of nitrogens with zero attached hydrogens (tertiary/aromatic N) is 1. The van der Waals surface area contributed by atoms with E-state index in [2.05, 4.69) is 30.1 Å². The van der Waals surface area contributed by atoms with Crippen molar-refractivity contribution in [1.82, 2.24) is 0 Å². The first-order valence-electron chi connectivity index (χ1n) is 5.53. The van der Waals surface area contributed by atoms with Gasteiger partial charge in [-0.2, -0.15) is 0 Å². The van der Waals surface area contributed by atoms with Crippen molar-refractivity contribution in [2.24, 2.45) is 0 Å². The van der Waals surface area contributed by atoms with Crippen molar-refractivity contribution in [2.45, 2.75) is 19.3 Å². The number of esters is 1. The van der Waals surface area contributed by atoms with Gasteiger partial charge >= 0.3 is 5.97 Å². The highest BCUT2D eigenvalue weighted by atomic mass is 16.5. The molecule has 1 heterocycles. The van der Waals surface area contributed by atoms with Crippen LogP contribution < -0.4 is 4.90 Å². The van der Waals surface area contributed by atoms with Crippen LogP contribution in [0.4, 0.5) is 5.69 Å². The van der Waals surface area contributed by atoms with Gasteiger partial charge in [-0.3, -0.25) is 4.79 Å². The van der Waals surface area contributed by atoms with Gasteiger partial charge in [-0.25, -0.2) is 0 Å². The molecule has 1 atom stereocenters. The third kappa shape index (κ3) is 1.77. The number of rotatable bonds is 1. The van der Waals surface area contributed by atoms with Crippen molar-refractivity contribution in [3.05, 3.63) is 29.3 Å². The minimum absolute atomic E-state index is 0.101. The van der Waals surface area contributed by atoms with E-state index in [1.807, 2.05) is 6.92 Å². The number of anilines is 1.